The Morgan fingerprint density at radius 1 is 1.08 bits per heavy atom. The number of hydrogen-bond acceptors (Lipinski definition) is 9. The number of ether oxygens (including phenoxy) is 1. The van der Waals surface area contributed by atoms with E-state index in [1.165, 1.54) is 23.0 Å². The Morgan fingerprint density at radius 3 is 2.50 bits per heavy atom. The lowest BCUT2D eigenvalue weighted by Crippen LogP contribution is -2.50. The van der Waals surface area contributed by atoms with Crippen LogP contribution >= 0.6 is 0 Å². The van der Waals surface area contributed by atoms with Gasteiger partial charge >= 0.3 is 12.3 Å². The highest BCUT2D eigenvalue weighted by Crippen LogP contribution is 2.36. The summed E-state index contributed by atoms with van der Waals surface area (Å²) in [6.07, 6.45) is 0.788. The number of alkyl halides is 3. The van der Waals surface area contributed by atoms with Gasteiger partial charge < -0.3 is 37.5 Å². The second-order valence-electron chi connectivity index (χ2n) is 12.0. The number of H-pyrrole nitrogens is 1. The maximum atomic E-state index is 13.5. The highest BCUT2D eigenvalue weighted by atomic mass is 19.4. The fraction of sp³-hybridized carbons (Fsp3) is 0.387. The molecule has 0 bridgehead atoms. The van der Waals surface area contributed by atoms with Gasteiger partial charge in [-0.1, -0.05) is 6.92 Å². The smallest absolute Gasteiger partial charge is 0.433 e. The number of rotatable bonds is 13. The molecule has 3 aromatic heterocycles. The molecule has 268 valence electrons. The van der Waals surface area contributed by atoms with E-state index in [0.29, 0.717) is 29.9 Å². The summed E-state index contributed by atoms with van der Waals surface area (Å²) in [6, 6.07) is 4.01. The van der Waals surface area contributed by atoms with Gasteiger partial charge in [0, 0.05) is 36.7 Å². The van der Waals surface area contributed by atoms with Crippen LogP contribution in [0.15, 0.2) is 48.0 Å². The minimum Gasteiger partial charge on any atom is -0.444 e. The molecular weight excluding hydrogens is 661 g/mol. The first-order valence-corrected chi connectivity index (χ1v) is 15.5. The van der Waals surface area contributed by atoms with Crippen molar-refractivity contribution >= 4 is 41.0 Å². The van der Waals surface area contributed by atoms with Crippen LogP contribution in [0.4, 0.5) is 29.5 Å². The maximum Gasteiger partial charge on any atom is 0.433 e. The van der Waals surface area contributed by atoms with Crippen LogP contribution in [0.2, 0.25) is 0 Å². The van der Waals surface area contributed by atoms with Crippen molar-refractivity contribution in [3.8, 4) is 11.3 Å². The van der Waals surface area contributed by atoms with Crippen molar-refractivity contribution in [2.45, 2.75) is 58.4 Å². The van der Waals surface area contributed by atoms with Crippen LogP contribution in [0.25, 0.3) is 16.9 Å². The number of carbonyl (C=O) groups is 3. The number of aromatic amines is 1. The molecule has 9 N–H and O–H groups in total. The number of imidazole rings is 1. The number of fused-ring (bicyclic) bond motifs is 1. The monoisotopic (exact) mass is 700 g/mol. The quantitative estimate of drug-likeness (QED) is 0.0612. The lowest BCUT2D eigenvalue weighted by Gasteiger charge is -2.22. The minimum atomic E-state index is -4.63. The molecule has 1 atom stereocenters. The van der Waals surface area contributed by atoms with Crippen molar-refractivity contribution in [3.05, 3.63) is 59.8 Å². The number of nitrogens with two attached hydrogens (primary N) is 2. The van der Waals surface area contributed by atoms with E-state index >= 15 is 0 Å². The summed E-state index contributed by atoms with van der Waals surface area (Å²) in [4.78, 5) is 50.4. The number of aliphatic imine (C=N–C) groups is 1. The van der Waals surface area contributed by atoms with Gasteiger partial charge in [-0.15, -0.1) is 0 Å². The van der Waals surface area contributed by atoms with E-state index in [0.717, 1.165) is 11.8 Å². The third kappa shape index (κ3) is 9.60. The molecule has 3 heterocycles. The number of amides is 3. The first-order chi connectivity index (χ1) is 23.6. The Kier molecular flexibility index (Phi) is 11.5. The molecule has 0 fully saturated rings. The van der Waals surface area contributed by atoms with Gasteiger partial charge in [0.2, 0.25) is 5.91 Å². The molecule has 50 heavy (non-hydrogen) atoms. The first kappa shape index (κ1) is 36.9. The molecule has 0 aliphatic heterocycles. The summed E-state index contributed by atoms with van der Waals surface area (Å²) in [7, 11) is 0. The molecule has 19 heteroatoms. The van der Waals surface area contributed by atoms with Crippen molar-refractivity contribution in [1.82, 2.24) is 40.5 Å². The summed E-state index contributed by atoms with van der Waals surface area (Å²) in [5.74, 6) is -0.813. The predicted octanol–water partition coefficient (Wildman–Crippen LogP) is 2.85. The summed E-state index contributed by atoms with van der Waals surface area (Å²) < 4.78 is 47.1. The Hall–Kier alpha value is -5.88. The van der Waals surface area contributed by atoms with Gasteiger partial charge in [0.05, 0.1) is 30.2 Å². The van der Waals surface area contributed by atoms with Crippen molar-refractivity contribution in [3.63, 3.8) is 0 Å². The van der Waals surface area contributed by atoms with Crippen molar-refractivity contribution in [1.29, 1.82) is 0 Å². The summed E-state index contributed by atoms with van der Waals surface area (Å²) >= 11 is 0. The van der Waals surface area contributed by atoms with Crippen molar-refractivity contribution in [2.75, 3.05) is 25.0 Å². The predicted molar refractivity (Wildman–Crippen MR) is 178 cm³/mol. The molecule has 0 spiro atoms. The molecular formula is C31H39F3N12O4. The molecule has 4 aromatic rings. The number of hydrogen-bond donors (Lipinski definition) is 7. The molecule has 0 saturated heterocycles. The Bertz CT molecular complexity index is 1860. The molecule has 1 aromatic carbocycles. The lowest BCUT2D eigenvalue weighted by atomic mass is 10.0. The molecule has 3 amide bonds. The lowest BCUT2D eigenvalue weighted by molar-refractivity contribution is -0.140. The van der Waals surface area contributed by atoms with E-state index in [9.17, 15) is 27.6 Å². The van der Waals surface area contributed by atoms with E-state index in [4.69, 9.17) is 16.2 Å². The number of guanidine groups is 1. The average Bonchev–Trinajstić information content (AvgIpc) is 3.70. The molecule has 0 unspecified atom stereocenters. The molecule has 0 aliphatic rings. The maximum absolute atomic E-state index is 13.5. The van der Waals surface area contributed by atoms with Gasteiger partial charge in [0.15, 0.2) is 17.4 Å². The summed E-state index contributed by atoms with van der Waals surface area (Å²) in [5, 5.41) is 16.7. The topological polar surface area (TPSA) is 232 Å². The van der Waals surface area contributed by atoms with Gasteiger partial charge in [-0.3, -0.25) is 24.1 Å². The van der Waals surface area contributed by atoms with Gasteiger partial charge in [0.1, 0.15) is 17.3 Å². The molecule has 4 rings (SSSR count). The summed E-state index contributed by atoms with van der Waals surface area (Å²) in [5.41, 5.74) is 11.0. The summed E-state index contributed by atoms with van der Waals surface area (Å²) in [6.45, 7) is 7.16. The van der Waals surface area contributed by atoms with Crippen LogP contribution in [0.5, 0.6) is 0 Å². The number of aromatic nitrogens is 5. The van der Waals surface area contributed by atoms with E-state index in [1.807, 2.05) is 12.0 Å². The zero-order valence-corrected chi connectivity index (χ0v) is 27.8. The number of aryl methyl sites for hydroxylation is 1. The van der Waals surface area contributed by atoms with Gasteiger partial charge in [-0.25, -0.2) is 14.8 Å². The highest BCUT2D eigenvalue weighted by Gasteiger charge is 2.36. The number of anilines is 2. The Labute approximate surface area is 284 Å². The van der Waals surface area contributed by atoms with Crippen LogP contribution in [0.3, 0.4) is 0 Å². The van der Waals surface area contributed by atoms with Crippen LogP contribution in [0.1, 0.15) is 55.7 Å². The van der Waals surface area contributed by atoms with Crippen molar-refractivity contribution in [2.24, 2.45) is 16.5 Å². The fourth-order valence-corrected chi connectivity index (χ4v) is 4.79. The number of benzene rings is 1. The second-order valence-corrected chi connectivity index (χ2v) is 12.0. The van der Waals surface area contributed by atoms with E-state index in [1.54, 1.807) is 39.0 Å². The average molecular weight is 701 g/mol. The normalized spacial score (nSPS) is 12.2. The van der Waals surface area contributed by atoms with Crippen LogP contribution in [-0.2, 0) is 22.1 Å². The standard InChI is InChI=1S/C31H39F3N12O4/c1-5-17-13-18(43-24-25-40-16-22(46(25)12-11-37-24)20-14-42-45-23(20)31(32,33)34)7-8-19(17)26(47)38-9-6-10-39-27(48)21(15-41-28(35)36)44-29(49)50-30(2,3)4/h7-8,11-14,16,21H,5-6,9-10,15H2,1-4H3,(H,37,43)(H,38,47)(H,39,48)(H,42,45)(H,44,49)(H4,35,36,41)/t21-/m0/s1. The van der Waals surface area contributed by atoms with Crippen LogP contribution in [-0.4, -0.2) is 79.7 Å². The van der Waals surface area contributed by atoms with E-state index in [-0.39, 0.29) is 48.4 Å². The molecule has 0 saturated carbocycles. The number of alkyl carbamates (subject to hydrolysis) is 1. The minimum absolute atomic E-state index is 0.157. The SMILES string of the molecule is CCc1cc(Nc2nccn3c(-c4cn[nH]c4C(F)(F)F)cnc23)ccc1C(=O)NCCCNC(=O)[C@H](CN=C(N)N)NC(=O)OC(C)(C)C. The Morgan fingerprint density at radius 2 is 1.82 bits per heavy atom. The first-order valence-electron chi connectivity index (χ1n) is 15.5. The number of nitrogens with one attached hydrogen (secondary N) is 5. The molecule has 16 nitrogen and oxygen atoms in total. The Balaban J connectivity index is 1.35. The zero-order chi connectivity index (χ0) is 36.6. The van der Waals surface area contributed by atoms with E-state index in [2.05, 4.69) is 41.3 Å². The highest BCUT2D eigenvalue weighted by molar-refractivity contribution is 5.96. The van der Waals surface area contributed by atoms with Gasteiger partial charge in [-0.2, -0.15) is 18.3 Å². The number of nitrogens with zero attached hydrogens (tertiary/aromatic N) is 5. The fourth-order valence-electron chi connectivity index (χ4n) is 4.79. The van der Waals surface area contributed by atoms with Gasteiger partial charge in [-0.05, 0) is 57.4 Å². The third-order valence-corrected chi connectivity index (χ3v) is 7.02. The third-order valence-electron chi connectivity index (χ3n) is 7.02. The van der Waals surface area contributed by atoms with Crippen LogP contribution < -0.4 is 32.7 Å². The molecule has 0 radical (unpaired) electrons. The van der Waals surface area contributed by atoms with Crippen LogP contribution in [0, 0.1) is 0 Å². The molecule has 0 aliphatic carbocycles. The van der Waals surface area contributed by atoms with E-state index < -0.39 is 35.5 Å². The largest absolute Gasteiger partial charge is 0.444 e. The second kappa shape index (κ2) is 15.6. The van der Waals surface area contributed by atoms with Gasteiger partial charge in [0.25, 0.3) is 5.91 Å². The zero-order valence-electron chi connectivity index (χ0n) is 27.8. The number of carbonyl (C=O) groups excluding carboxylic acids is 3. The van der Waals surface area contributed by atoms with Crippen molar-refractivity contribution < 1.29 is 32.3 Å². The number of halogens is 3.